The van der Waals surface area contributed by atoms with E-state index in [0.29, 0.717) is 12.0 Å². The van der Waals surface area contributed by atoms with E-state index >= 15 is 0 Å². The van der Waals surface area contributed by atoms with Crippen LogP contribution in [0.1, 0.15) is 42.6 Å². The van der Waals surface area contributed by atoms with E-state index in [1.165, 1.54) is 6.07 Å². The van der Waals surface area contributed by atoms with Gasteiger partial charge < -0.3 is 9.26 Å². The van der Waals surface area contributed by atoms with Crippen LogP contribution in [0.4, 0.5) is 0 Å². The van der Waals surface area contributed by atoms with Crippen molar-refractivity contribution in [2.45, 2.75) is 33.1 Å². The van der Waals surface area contributed by atoms with Crippen LogP contribution in [0.15, 0.2) is 47.5 Å². The number of nitrogens with zero attached hydrogens (tertiary/aromatic N) is 1. The number of aliphatic imine (C=N–C) groups is 1. The van der Waals surface area contributed by atoms with Crippen LogP contribution in [0.2, 0.25) is 0 Å². The molecule has 0 saturated heterocycles. The molecule has 1 aromatic rings. The molecule has 1 rings (SSSR count). The van der Waals surface area contributed by atoms with Crippen molar-refractivity contribution < 1.29 is 28.4 Å². The molecule has 2 N–H and O–H groups in total. The average molecular weight is 395 g/mol. The summed E-state index contributed by atoms with van der Waals surface area (Å²) in [7, 11) is -3.19. The summed E-state index contributed by atoms with van der Waals surface area (Å²) in [5, 5.41) is 0. The molecule has 8 heteroatoms. The normalized spacial score (nSPS) is 12.6. The zero-order chi connectivity index (χ0) is 20.4. The zero-order valence-electron chi connectivity index (χ0n) is 15.8. The number of rotatable bonds is 10. The molecule has 0 radical (unpaired) electrons. The molecule has 148 valence electrons. The second-order valence-corrected chi connectivity index (χ2v) is 6.99. The molecular formula is C19H26NO6P. The van der Waals surface area contributed by atoms with Gasteiger partial charge in [-0.15, -0.1) is 6.58 Å². The zero-order valence-corrected chi connectivity index (χ0v) is 16.7. The summed E-state index contributed by atoms with van der Waals surface area (Å²) in [6, 6.07) is 4.56. The summed E-state index contributed by atoms with van der Waals surface area (Å²) in [4.78, 5) is 35.1. The van der Waals surface area contributed by atoms with Crippen molar-refractivity contribution in [1.29, 1.82) is 0 Å². The van der Waals surface area contributed by atoms with Gasteiger partial charge in [-0.1, -0.05) is 30.7 Å². The predicted octanol–water partition coefficient (Wildman–Crippen LogP) is 3.86. The molecule has 0 aliphatic carbocycles. The lowest BCUT2D eigenvalue weighted by molar-refractivity contribution is 0.0508. The smallest absolute Gasteiger partial charge is 0.462 e. The van der Waals surface area contributed by atoms with Crippen molar-refractivity contribution in [3.05, 3.63) is 53.6 Å². The van der Waals surface area contributed by atoms with Gasteiger partial charge in [-0.3, -0.25) is 14.8 Å². The summed E-state index contributed by atoms with van der Waals surface area (Å²) in [5.41, 5.74) is 2.33. The fourth-order valence-electron chi connectivity index (χ4n) is 2.24. The first-order valence-corrected chi connectivity index (χ1v) is 10.0. The highest BCUT2D eigenvalue weighted by Crippen LogP contribution is 2.40. The molecule has 0 aromatic heterocycles. The number of phosphoric ester groups is 1. The molecule has 0 unspecified atom stereocenters. The van der Waals surface area contributed by atoms with Gasteiger partial charge in [0.2, 0.25) is 0 Å². The lowest BCUT2D eigenvalue weighted by atomic mass is 9.99. The largest absolute Gasteiger partial charge is 0.524 e. The minimum Gasteiger partial charge on any atom is -0.462 e. The molecule has 27 heavy (non-hydrogen) atoms. The monoisotopic (exact) mass is 395 g/mol. The molecule has 0 fully saturated rings. The van der Waals surface area contributed by atoms with Crippen LogP contribution in [0, 0.1) is 0 Å². The van der Waals surface area contributed by atoms with E-state index in [1.807, 2.05) is 19.9 Å². The lowest BCUT2D eigenvalue weighted by Crippen LogP contribution is -2.13. The van der Waals surface area contributed by atoms with E-state index < -0.39 is 13.8 Å². The maximum Gasteiger partial charge on any atom is 0.524 e. The summed E-state index contributed by atoms with van der Waals surface area (Å²) in [6.07, 6.45) is 5.13. The predicted molar refractivity (Wildman–Crippen MR) is 105 cm³/mol. The van der Waals surface area contributed by atoms with E-state index in [9.17, 15) is 9.36 Å². The molecule has 0 aliphatic heterocycles. The van der Waals surface area contributed by atoms with Crippen molar-refractivity contribution in [3.63, 3.8) is 0 Å². The quantitative estimate of drug-likeness (QED) is 0.205. The van der Waals surface area contributed by atoms with Crippen molar-refractivity contribution in [3.8, 4) is 5.75 Å². The summed E-state index contributed by atoms with van der Waals surface area (Å²) >= 11 is 0. The summed E-state index contributed by atoms with van der Waals surface area (Å²) < 4.78 is 21.2. The SMILES string of the molecule is C=CCCOC(=O)c1c(CC(/C=C(\C)CC)=NC)cccc1OP(=O)(O)O. The number of carbonyl (C=O) groups is 1. The van der Waals surface area contributed by atoms with Gasteiger partial charge in [0.05, 0.1) is 6.61 Å². The second kappa shape index (κ2) is 10.8. The van der Waals surface area contributed by atoms with E-state index in [2.05, 4.69) is 11.6 Å². The Morgan fingerprint density at radius 1 is 1.37 bits per heavy atom. The van der Waals surface area contributed by atoms with Gasteiger partial charge in [-0.25, -0.2) is 9.36 Å². The molecule has 1 aromatic carbocycles. The van der Waals surface area contributed by atoms with Crippen molar-refractivity contribution in [2.75, 3.05) is 13.7 Å². The highest BCUT2D eigenvalue weighted by molar-refractivity contribution is 7.46. The first kappa shape index (κ1) is 22.8. The Bertz CT molecular complexity index is 778. The maximum absolute atomic E-state index is 12.6. The number of hydrogen-bond acceptors (Lipinski definition) is 5. The fraction of sp³-hybridized carbons (Fsp3) is 0.368. The van der Waals surface area contributed by atoms with Crippen LogP contribution in [0.25, 0.3) is 0 Å². The molecular weight excluding hydrogens is 369 g/mol. The highest BCUT2D eigenvalue weighted by Gasteiger charge is 2.25. The Morgan fingerprint density at radius 2 is 2.07 bits per heavy atom. The average Bonchev–Trinajstić information content (AvgIpc) is 2.59. The number of phosphoric acid groups is 1. The van der Waals surface area contributed by atoms with Gasteiger partial charge in [-0.05, 0) is 37.5 Å². The third-order valence-corrected chi connectivity index (χ3v) is 4.15. The Morgan fingerprint density at radius 3 is 2.63 bits per heavy atom. The summed E-state index contributed by atoms with van der Waals surface area (Å²) in [5.74, 6) is -0.946. The van der Waals surface area contributed by atoms with E-state index in [1.54, 1.807) is 25.3 Å². The number of esters is 1. The number of hydrogen-bond donors (Lipinski definition) is 2. The molecule has 0 bridgehead atoms. The van der Waals surface area contributed by atoms with Crippen molar-refractivity contribution in [1.82, 2.24) is 0 Å². The molecule has 0 heterocycles. The van der Waals surface area contributed by atoms with Crippen molar-refractivity contribution >= 4 is 19.5 Å². The van der Waals surface area contributed by atoms with Gasteiger partial charge in [-0.2, -0.15) is 0 Å². The number of benzene rings is 1. The van der Waals surface area contributed by atoms with Crippen LogP contribution in [0.5, 0.6) is 5.75 Å². The summed E-state index contributed by atoms with van der Waals surface area (Å²) in [6.45, 7) is 7.66. The van der Waals surface area contributed by atoms with Crippen LogP contribution in [-0.4, -0.2) is 35.1 Å². The standard InChI is InChI=1S/C19H26NO6P/c1-5-7-11-25-19(21)18-15(13-16(20-4)12-14(3)6-2)9-8-10-17(18)26-27(22,23)24/h5,8-10,12H,1,6-7,11,13H2,2-4H3,(H2,22,23,24)/b14-12+,20-16?. The Balaban J connectivity index is 3.32. The lowest BCUT2D eigenvalue weighted by Gasteiger charge is -2.15. The minimum atomic E-state index is -4.84. The molecule has 0 atom stereocenters. The highest BCUT2D eigenvalue weighted by atomic mass is 31.2. The first-order valence-electron chi connectivity index (χ1n) is 8.49. The Kier molecular flexibility index (Phi) is 9.15. The van der Waals surface area contributed by atoms with Crippen LogP contribution in [-0.2, 0) is 15.7 Å². The van der Waals surface area contributed by atoms with E-state index in [4.69, 9.17) is 19.0 Å². The van der Waals surface area contributed by atoms with Gasteiger partial charge in [0, 0.05) is 19.2 Å². The topological polar surface area (TPSA) is 105 Å². The minimum absolute atomic E-state index is 0.0198. The Hall–Kier alpha value is -2.21. The number of ether oxygens (including phenoxy) is 1. The first-order chi connectivity index (χ1) is 12.7. The third kappa shape index (κ3) is 7.91. The van der Waals surface area contributed by atoms with Crippen LogP contribution >= 0.6 is 7.82 Å². The van der Waals surface area contributed by atoms with Crippen molar-refractivity contribution in [2.24, 2.45) is 4.99 Å². The number of allylic oxidation sites excluding steroid dienone is 2. The number of carbonyl (C=O) groups excluding carboxylic acids is 1. The maximum atomic E-state index is 12.6. The van der Waals surface area contributed by atoms with Gasteiger partial charge >= 0.3 is 13.8 Å². The second-order valence-electron chi connectivity index (χ2n) is 5.82. The molecule has 0 spiro atoms. The molecule has 0 amide bonds. The van der Waals surface area contributed by atoms with Crippen LogP contribution in [0.3, 0.4) is 0 Å². The molecule has 7 nitrogen and oxygen atoms in total. The van der Waals surface area contributed by atoms with Gasteiger partial charge in [0.15, 0.2) is 0 Å². The molecule has 0 saturated carbocycles. The van der Waals surface area contributed by atoms with E-state index in [-0.39, 0.29) is 24.3 Å². The third-order valence-electron chi connectivity index (χ3n) is 3.72. The fourth-order valence-corrected chi connectivity index (χ4v) is 2.65. The van der Waals surface area contributed by atoms with Gasteiger partial charge in [0.1, 0.15) is 11.3 Å². The van der Waals surface area contributed by atoms with Gasteiger partial charge in [0.25, 0.3) is 0 Å². The van der Waals surface area contributed by atoms with Crippen LogP contribution < -0.4 is 4.52 Å². The van der Waals surface area contributed by atoms with E-state index in [0.717, 1.165) is 17.7 Å². The Labute approximate surface area is 159 Å². The molecule has 0 aliphatic rings.